The Morgan fingerprint density at radius 3 is 2.31 bits per heavy atom. The van der Waals surface area contributed by atoms with Gasteiger partial charge in [0.2, 0.25) is 0 Å². The zero-order valence-corrected chi connectivity index (χ0v) is 8.34. The molecule has 1 atom stereocenters. The number of carbonyl (C=O) groups excluding carboxylic acids is 1. The van der Waals surface area contributed by atoms with Gasteiger partial charge in [0.1, 0.15) is 0 Å². The van der Waals surface area contributed by atoms with Crippen molar-refractivity contribution >= 4 is 5.97 Å². The Morgan fingerprint density at radius 2 is 1.88 bits per heavy atom. The van der Waals surface area contributed by atoms with Crippen molar-refractivity contribution in [1.82, 2.24) is 0 Å². The summed E-state index contributed by atoms with van der Waals surface area (Å²) in [6.07, 6.45) is -1.89. The van der Waals surface area contributed by atoms with Gasteiger partial charge in [0, 0.05) is 0 Å². The molecule has 1 aromatic rings. The van der Waals surface area contributed by atoms with E-state index in [4.69, 9.17) is 0 Å². The van der Waals surface area contributed by atoms with E-state index in [9.17, 15) is 23.1 Å². The van der Waals surface area contributed by atoms with Gasteiger partial charge >= 0.3 is 5.97 Å². The van der Waals surface area contributed by atoms with Crippen LogP contribution in [-0.4, -0.2) is 18.2 Å². The van der Waals surface area contributed by atoms with Crippen molar-refractivity contribution in [3.8, 4) is 0 Å². The molecule has 0 aliphatic carbocycles. The van der Waals surface area contributed by atoms with Gasteiger partial charge in [0.05, 0.1) is 19.6 Å². The Hall–Kier alpha value is -1.56. The van der Waals surface area contributed by atoms with Crippen molar-refractivity contribution in [3.05, 3.63) is 35.1 Å². The molecule has 0 radical (unpaired) electrons. The molecule has 6 heteroatoms. The molecule has 88 valence electrons. The topological polar surface area (TPSA) is 46.5 Å². The third-order valence-corrected chi connectivity index (χ3v) is 1.98. The lowest BCUT2D eigenvalue weighted by molar-refractivity contribution is -0.142. The van der Waals surface area contributed by atoms with E-state index in [0.717, 1.165) is 7.11 Å². The molecule has 0 heterocycles. The lowest BCUT2D eigenvalue weighted by atomic mass is 10.1. The van der Waals surface area contributed by atoms with Crippen LogP contribution in [0.3, 0.4) is 0 Å². The zero-order chi connectivity index (χ0) is 12.3. The number of carbonyl (C=O) groups is 1. The fourth-order valence-corrected chi connectivity index (χ4v) is 1.13. The number of halogens is 3. The molecule has 1 rings (SSSR count). The van der Waals surface area contributed by atoms with E-state index in [1.165, 1.54) is 0 Å². The fraction of sp³-hybridized carbons (Fsp3) is 0.300. The summed E-state index contributed by atoms with van der Waals surface area (Å²) >= 11 is 0. The number of aliphatic hydroxyl groups is 1. The molecule has 3 nitrogen and oxygen atoms in total. The van der Waals surface area contributed by atoms with Crippen LogP contribution >= 0.6 is 0 Å². The van der Waals surface area contributed by atoms with Gasteiger partial charge in [-0.3, -0.25) is 4.79 Å². The predicted molar refractivity (Wildman–Crippen MR) is 47.9 cm³/mol. The number of rotatable bonds is 3. The lowest BCUT2D eigenvalue weighted by Gasteiger charge is -2.10. The van der Waals surface area contributed by atoms with Crippen molar-refractivity contribution in [1.29, 1.82) is 0 Å². The SMILES string of the molecule is COC(=O)C[C@H](O)c1cc(F)c(F)c(F)c1. The molecule has 0 aliphatic heterocycles. The van der Waals surface area contributed by atoms with Gasteiger partial charge in [-0.2, -0.15) is 0 Å². The first-order valence-electron chi connectivity index (χ1n) is 4.35. The van der Waals surface area contributed by atoms with Crippen LogP contribution in [0.15, 0.2) is 12.1 Å². The molecule has 0 bridgehead atoms. The third kappa shape index (κ3) is 2.73. The quantitative estimate of drug-likeness (QED) is 0.639. The summed E-state index contributed by atoms with van der Waals surface area (Å²) in [5, 5.41) is 9.41. The maximum Gasteiger partial charge on any atom is 0.308 e. The predicted octanol–water partition coefficient (Wildman–Crippen LogP) is 1.70. The number of esters is 1. The van der Waals surface area contributed by atoms with Gasteiger partial charge in [0.25, 0.3) is 0 Å². The van der Waals surface area contributed by atoms with Crippen molar-refractivity contribution in [3.63, 3.8) is 0 Å². The number of aliphatic hydroxyl groups excluding tert-OH is 1. The minimum atomic E-state index is -1.62. The van der Waals surface area contributed by atoms with Crippen molar-refractivity contribution in [2.24, 2.45) is 0 Å². The van der Waals surface area contributed by atoms with Crippen LogP contribution < -0.4 is 0 Å². The highest BCUT2D eigenvalue weighted by Crippen LogP contribution is 2.21. The van der Waals surface area contributed by atoms with Crippen LogP contribution in [0.25, 0.3) is 0 Å². The average molecular weight is 234 g/mol. The minimum Gasteiger partial charge on any atom is -0.469 e. The van der Waals surface area contributed by atoms with E-state index in [1.807, 2.05) is 0 Å². The van der Waals surface area contributed by atoms with Gasteiger partial charge in [-0.15, -0.1) is 0 Å². The third-order valence-electron chi connectivity index (χ3n) is 1.98. The van der Waals surface area contributed by atoms with Crippen LogP contribution in [0.2, 0.25) is 0 Å². The van der Waals surface area contributed by atoms with Crippen LogP contribution in [-0.2, 0) is 9.53 Å². The standard InChI is InChI=1S/C10H9F3O3/c1-16-9(15)4-8(14)5-2-6(11)10(13)7(12)3-5/h2-3,8,14H,4H2,1H3/t8-/m0/s1. The van der Waals surface area contributed by atoms with Gasteiger partial charge in [-0.25, -0.2) is 13.2 Å². The second kappa shape index (κ2) is 4.98. The van der Waals surface area contributed by atoms with Crippen LogP contribution in [0, 0.1) is 17.5 Å². The molecular weight excluding hydrogens is 225 g/mol. The average Bonchev–Trinajstić information content (AvgIpc) is 2.24. The molecule has 1 N–H and O–H groups in total. The van der Waals surface area contributed by atoms with Crippen LogP contribution in [0.1, 0.15) is 18.1 Å². The number of ether oxygens (including phenoxy) is 1. The highest BCUT2D eigenvalue weighted by atomic mass is 19.2. The number of hydrogen-bond donors (Lipinski definition) is 1. The van der Waals surface area contributed by atoms with Gasteiger partial charge in [-0.1, -0.05) is 0 Å². The first kappa shape index (κ1) is 12.5. The summed E-state index contributed by atoms with van der Waals surface area (Å²) in [6.45, 7) is 0. The van der Waals surface area contributed by atoms with E-state index < -0.39 is 35.9 Å². The number of methoxy groups -OCH3 is 1. The van der Waals surface area contributed by atoms with Gasteiger partial charge < -0.3 is 9.84 Å². The molecule has 0 amide bonds. The largest absolute Gasteiger partial charge is 0.469 e. The summed E-state index contributed by atoms with van der Waals surface area (Å²) in [5.74, 6) is -5.19. The summed E-state index contributed by atoms with van der Waals surface area (Å²) in [5.41, 5.74) is -0.221. The first-order chi connectivity index (χ1) is 7.45. The van der Waals surface area contributed by atoms with Crippen LogP contribution in [0.5, 0.6) is 0 Å². The Balaban J connectivity index is 2.92. The van der Waals surface area contributed by atoms with E-state index in [0.29, 0.717) is 12.1 Å². The molecule has 0 aliphatic rings. The molecule has 1 aromatic carbocycles. The molecule has 16 heavy (non-hydrogen) atoms. The van der Waals surface area contributed by atoms with Crippen molar-refractivity contribution in [2.45, 2.75) is 12.5 Å². The Morgan fingerprint density at radius 1 is 1.38 bits per heavy atom. The molecular formula is C10H9F3O3. The smallest absolute Gasteiger partial charge is 0.308 e. The molecule has 0 saturated carbocycles. The van der Waals surface area contributed by atoms with Crippen LogP contribution in [0.4, 0.5) is 13.2 Å². The Kier molecular flexibility index (Phi) is 3.89. The summed E-state index contributed by atoms with van der Waals surface area (Å²) < 4.78 is 42.4. The number of benzene rings is 1. The summed E-state index contributed by atoms with van der Waals surface area (Å²) in [6, 6.07) is 1.26. The maximum absolute atomic E-state index is 12.8. The van der Waals surface area contributed by atoms with E-state index >= 15 is 0 Å². The minimum absolute atomic E-state index is 0.221. The van der Waals surface area contributed by atoms with Gasteiger partial charge in [0.15, 0.2) is 17.5 Å². The molecule has 0 fully saturated rings. The van der Waals surface area contributed by atoms with Gasteiger partial charge in [-0.05, 0) is 17.7 Å². The highest BCUT2D eigenvalue weighted by Gasteiger charge is 2.18. The molecule has 0 saturated heterocycles. The lowest BCUT2D eigenvalue weighted by Crippen LogP contribution is -2.09. The van der Waals surface area contributed by atoms with E-state index in [-0.39, 0.29) is 5.56 Å². The highest BCUT2D eigenvalue weighted by molar-refractivity contribution is 5.70. The second-order valence-electron chi connectivity index (χ2n) is 3.09. The van der Waals surface area contributed by atoms with Crippen molar-refractivity contribution in [2.75, 3.05) is 7.11 Å². The van der Waals surface area contributed by atoms with E-state index in [2.05, 4.69) is 4.74 Å². The van der Waals surface area contributed by atoms with E-state index in [1.54, 1.807) is 0 Å². The summed E-state index contributed by atoms with van der Waals surface area (Å²) in [4.78, 5) is 10.8. The fourth-order valence-electron chi connectivity index (χ4n) is 1.13. The molecule has 0 unspecified atom stereocenters. The Bertz CT molecular complexity index is 383. The second-order valence-corrected chi connectivity index (χ2v) is 3.09. The first-order valence-corrected chi connectivity index (χ1v) is 4.35. The number of hydrogen-bond acceptors (Lipinski definition) is 3. The Labute approximate surface area is 89.5 Å². The normalized spacial score (nSPS) is 12.3. The molecule has 0 aromatic heterocycles. The van der Waals surface area contributed by atoms with Crippen molar-refractivity contribution < 1.29 is 27.8 Å². The zero-order valence-electron chi connectivity index (χ0n) is 8.34. The summed E-state index contributed by atoms with van der Waals surface area (Å²) in [7, 11) is 1.11. The molecule has 0 spiro atoms. The maximum atomic E-state index is 12.8. The monoisotopic (exact) mass is 234 g/mol.